The largest absolute Gasteiger partial charge is 0.396 e. The Kier molecular flexibility index (Phi) is 9.21. The van der Waals surface area contributed by atoms with Crippen molar-refractivity contribution in [2.75, 3.05) is 26.4 Å². The molecule has 0 aliphatic carbocycles. The first-order valence-electron chi connectivity index (χ1n) is 3.82. The van der Waals surface area contributed by atoms with Crippen molar-refractivity contribution in [3.8, 4) is 0 Å². The molecule has 2 N–H and O–H groups in total. The fraction of sp³-hybridized carbons (Fsp3) is 1.00. The number of hydrogen-bond acceptors (Lipinski definition) is 5. The molecule has 12 heavy (non-hydrogen) atoms. The lowest BCUT2D eigenvalue weighted by Crippen LogP contribution is -1.95. The van der Waals surface area contributed by atoms with Gasteiger partial charge in [0.15, 0.2) is 0 Å². The standard InChI is InChI=1S/C6H15O5P/c7-3-1-5-10-12(9)11-6-2-4-8/h7-8,12H,1-6H2. The molecule has 0 aromatic rings. The molecule has 0 fully saturated rings. The second-order valence-corrected chi connectivity index (χ2v) is 3.18. The van der Waals surface area contributed by atoms with Gasteiger partial charge in [-0.15, -0.1) is 0 Å². The summed E-state index contributed by atoms with van der Waals surface area (Å²) in [5, 5.41) is 16.7. The van der Waals surface area contributed by atoms with Crippen molar-refractivity contribution in [2.45, 2.75) is 12.8 Å². The van der Waals surface area contributed by atoms with Crippen LogP contribution in [0.1, 0.15) is 12.8 Å². The molecular weight excluding hydrogens is 183 g/mol. The van der Waals surface area contributed by atoms with Crippen LogP contribution < -0.4 is 0 Å². The molecule has 0 aromatic heterocycles. The van der Waals surface area contributed by atoms with Crippen molar-refractivity contribution >= 4 is 8.25 Å². The van der Waals surface area contributed by atoms with Crippen LogP contribution >= 0.6 is 8.25 Å². The van der Waals surface area contributed by atoms with Crippen LogP contribution in [-0.2, 0) is 13.6 Å². The van der Waals surface area contributed by atoms with E-state index in [2.05, 4.69) is 0 Å². The van der Waals surface area contributed by atoms with Gasteiger partial charge < -0.3 is 19.3 Å². The highest BCUT2D eigenvalue weighted by atomic mass is 31.1. The Bertz CT molecular complexity index is 107. The Balaban J connectivity index is 3.10. The first-order chi connectivity index (χ1) is 5.81. The van der Waals surface area contributed by atoms with Crippen LogP contribution in [0.5, 0.6) is 0 Å². The maximum Gasteiger partial charge on any atom is 0.319 e. The Hall–Kier alpha value is 0.0700. The molecule has 0 aliphatic rings. The summed E-state index contributed by atoms with van der Waals surface area (Å²) in [5.74, 6) is 0. The summed E-state index contributed by atoms with van der Waals surface area (Å²) in [4.78, 5) is 0. The van der Waals surface area contributed by atoms with E-state index in [1.165, 1.54) is 0 Å². The number of aliphatic hydroxyl groups is 2. The highest BCUT2D eigenvalue weighted by molar-refractivity contribution is 7.33. The zero-order valence-corrected chi connectivity index (χ0v) is 7.86. The lowest BCUT2D eigenvalue weighted by atomic mass is 10.5. The van der Waals surface area contributed by atoms with E-state index in [1.807, 2.05) is 0 Å². The monoisotopic (exact) mass is 198 g/mol. The molecule has 0 aromatic carbocycles. The van der Waals surface area contributed by atoms with E-state index in [1.54, 1.807) is 0 Å². The molecule has 5 nitrogen and oxygen atoms in total. The SMILES string of the molecule is O=[PH](OCCCO)OCCCO. The summed E-state index contributed by atoms with van der Waals surface area (Å²) >= 11 is 0. The van der Waals surface area contributed by atoms with Crippen molar-refractivity contribution in [1.82, 2.24) is 0 Å². The van der Waals surface area contributed by atoms with Gasteiger partial charge in [0.25, 0.3) is 0 Å². The van der Waals surface area contributed by atoms with E-state index in [-0.39, 0.29) is 26.4 Å². The molecule has 0 aliphatic heterocycles. The molecule has 0 saturated carbocycles. The maximum absolute atomic E-state index is 10.8. The van der Waals surface area contributed by atoms with Gasteiger partial charge in [-0.25, -0.2) is 0 Å². The summed E-state index contributed by atoms with van der Waals surface area (Å²) in [6.45, 7) is 0.526. The molecule has 0 amide bonds. The van der Waals surface area contributed by atoms with Gasteiger partial charge in [0.2, 0.25) is 0 Å². The summed E-state index contributed by atoms with van der Waals surface area (Å²) in [6.07, 6.45) is 0.916. The van der Waals surface area contributed by atoms with Crippen LogP contribution in [0.4, 0.5) is 0 Å². The van der Waals surface area contributed by atoms with Gasteiger partial charge in [0.05, 0.1) is 13.2 Å². The molecule has 0 unspecified atom stereocenters. The van der Waals surface area contributed by atoms with Crippen LogP contribution in [0.25, 0.3) is 0 Å². The van der Waals surface area contributed by atoms with E-state index < -0.39 is 8.25 Å². The third-order valence-corrected chi connectivity index (χ3v) is 1.92. The zero-order chi connectivity index (χ0) is 9.23. The number of hydrogen-bond donors (Lipinski definition) is 2. The normalized spacial score (nSPS) is 10.9. The first-order valence-corrected chi connectivity index (χ1v) is 5.05. The minimum absolute atomic E-state index is 0.0196. The van der Waals surface area contributed by atoms with Crippen LogP contribution in [0.15, 0.2) is 0 Å². The van der Waals surface area contributed by atoms with Crippen molar-refractivity contribution in [1.29, 1.82) is 0 Å². The van der Waals surface area contributed by atoms with Gasteiger partial charge in [0, 0.05) is 13.2 Å². The van der Waals surface area contributed by atoms with E-state index in [0.717, 1.165) is 0 Å². The predicted octanol–water partition coefficient (Wildman–Crippen LogP) is 0.174. The summed E-state index contributed by atoms with van der Waals surface area (Å²) < 4.78 is 20.2. The zero-order valence-electron chi connectivity index (χ0n) is 6.86. The third kappa shape index (κ3) is 8.17. The smallest absolute Gasteiger partial charge is 0.319 e. The molecule has 0 rings (SSSR count). The van der Waals surface area contributed by atoms with Gasteiger partial charge in [-0.1, -0.05) is 0 Å². The van der Waals surface area contributed by atoms with Crippen LogP contribution in [0.2, 0.25) is 0 Å². The highest BCUT2D eigenvalue weighted by Gasteiger charge is 1.97. The van der Waals surface area contributed by atoms with E-state index in [0.29, 0.717) is 12.8 Å². The maximum atomic E-state index is 10.8. The van der Waals surface area contributed by atoms with E-state index >= 15 is 0 Å². The summed E-state index contributed by atoms with van der Waals surface area (Å²) in [7, 11) is -2.41. The Labute approximate surface area is 72.3 Å². The highest BCUT2D eigenvalue weighted by Crippen LogP contribution is 2.23. The topological polar surface area (TPSA) is 76.0 Å². The van der Waals surface area contributed by atoms with Gasteiger partial charge in [0.1, 0.15) is 0 Å². The molecular formula is C6H15O5P. The average Bonchev–Trinajstić information content (AvgIpc) is 2.06. The lowest BCUT2D eigenvalue weighted by Gasteiger charge is -2.03. The van der Waals surface area contributed by atoms with Crippen molar-refractivity contribution in [2.24, 2.45) is 0 Å². The third-order valence-electron chi connectivity index (χ3n) is 1.04. The summed E-state index contributed by atoms with van der Waals surface area (Å²) in [6, 6.07) is 0. The molecule has 0 spiro atoms. The fourth-order valence-corrected chi connectivity index (χ4v) is 1.19. The van der Waals surface area contributed by atoms with Gasteiger partial charge in [-0.3, -0.25) is 4.57 Å². The fourth-order valence-electron chi connectivity index (χ4n) is 0.482. The Morgan fingerprint density at radius 2 is 1.42 bits per heavy atom. The lowest BCUT2D eigenvalue weighted by molar-refractivity contribution is 0.186. The van der Waals surface area contributed by atoms with Crippen molar-refractivity contribution in [3.05, 3.63) is 0 Å². The van der Waals surface area contributed by atoms with Crippen molar-refractivity contribution < 1.29 is 23.8 Å². The summed E-state index contributed by atoms with van der Waals surface area (Å²) in [5.41, 5.74) is 0. The molecule has 0 radical (unpaired) electrons. The molecule has 0 atom stereocenters. The number of rotatable bonds is 8. The molecule has 0 heterocycles. The number of aliphatic hydroxyl groups excluding tert-OH is 2. The minimum Gasteiger partial charge on any atom is -0.396 e. The quantitative estimate of drug-likeness (QED) is 0.429. The first kappa shape index (κ1) is 12.1. The van der Waals surface area contributed by atoms with Crippen LogP contribution in [-0.4, -0.2) is 36.6 Å². The van der Waals surface area contributed by atoms with E-state index in [4.69, 9.17) is 19.3 Å². The van der Waals surface area contributed by atoms with Crippen LogP contribution in [0.3, 0.4) is 0 Å². The van der Waals surface area contributed by atoms with Gasteiger partial charge in [-0.2, -0.15) is 0 Å². The van der Waals surface area contributed by atoms with E-state index in [9.17, 15) is 4.57 Å². The molecule has 6 heteroatoms. The van der Waals surface area contributed by atoms with Gasteiger partial charge >= 0.3 is 8.25 Å². The van der Waals surface area contributed by atoms with Crippen molar-refractivity contribution in [3.63, 3.8) is 0 Å². The Morgan fingerprint density at radius 1 is 1.00 bits per heavy atom. The second-order valence-electron chi connectivity index (χ2n) is 2.10. The molecule has 74 valence electrons. The van der Waals surface area contributed by atoms with Gasteiger partial charge in [-0.05, 0) is 12.8 Å². The average molecular weight is 198 g/mol. The second kappa shape index (κ2) is 9.16. The predicted molar refractivity (Wildman–Crippen MR) is 44.3 cm³/mol. The van der Waals surface area contributed by atoms with Crippen LogP contribution in [0, 0.1) is 0 Å². The Morgan fingerprint density at radius 3 is 1.75 bits per heavy atom. The molecule has 0 bridgehead atoms. The minimum atomic E-state index is -2.41. The molecule has 0 saturated heterocycles.